The van der Waals surface area contributed by atoms with Crippen LogP contribution in [-0.2, 0) is 21.4 Å². The van der Waals surface area contributed by atoms with Crippen LogP contribution in [0.5, 0.6) is 0 Å². The Bertz CT molecular complexity index is 620. The summed E-state index contributed by atoms with van der Waals surface area (Å²) in [5.74, 6) is -0.177. The summed E-state index contributed by atoms with van der Waals surface area (Å²) in [6.45, 7) is 7.20. The number of rotatable bonds is 6. The number of aromatic nitrogens is 2. The normalized spacial score (nSPS) is 13.5. The Balaban J connectivity index is 3.07. The van der Waals surface area contributed by atoms with Gasteiger partial charge >= 0.3 is 0 Å². The fourth-order valence-corrected chi connectivity index (χ4v) is 3.21. The van der Waals surface area contributed by atoms with Crippen molar-refractivity contribution in [1.82, 2.24) is 19.4 Å². The first-order valence-electron chi connectivity index (χ1n) is 6.87. The van der Waals surface area contributed by atoms with Crippen molar-refractivity contribution < 1.29 is 13.2 Å². The smallest absolute Gasteiger partial charge is 0.246 e. The van der Waals surface area contributed by atoms with E-state index in [1.807, 2.05) is 13.8 Å². The predicted octanol–water partition coefficient (Wildman–Crippen LogP) is 0.665. The van der Waals surface area contributed by atoms with E-state index in [1.54, 1.807) is 13.8 Å². The van der Waals surface area contributed by atoms with E-state index in [-0.39, 0.29) is 23.4 Å². The molecule has 1 unspecified atom stereocenters. The average molecular weight is 316 g/mol. The standard InChI is InChI=1S/C13H24N4O3S/c1-7-9(2)14-12(18)8-17-11(4)13(10(3)15-17)21(19,20)16(5)6/h9H,7-8H2,1-6H3,(H,14,18). The number of carbonyl (C=O) groups is 1. The fraction of sp³-hybridized carbons (Fsp3) is 0.692. The Morgan fingerprint density at radius 3 is 2.43 bits per heavy atom. The molecule has 0 saturated heterocycles. The van der Waals surface area contributed by atoms with Gasteiger partial charge < -0.3 is 5.32 Å². The number of hydrogen-bond donors (Lipinski definition) is 1. The van der Waals surface area contributed by atoms with Gasteiger partial charge in [-0.15, -0.1) is 0 Å². The zero-order valence-electron chi connectivity index (χ0n) is 13.5. The highest BCUT2D eigenvalue weighted by molar-refractivity contribution is 7.89. The highest BCUT2D eigenvalue weighted by atomic mass is 32.2. The first kappa shape index (κ1) is 17.6. The molecule has 0 aliphatic rings. The van der Waals surface area contributed by atoms with E-state index in [0.717, 1.165) is 10.7 Å². The molecule has 0 aromatic carbocycles. The molecule has 7 nitrogen and oxygen atoms in total. The van der Waals surface area contributed by atoms with Gasteiger partial charge in [-0.1, -0.05) is 6.92 Å². The van der Waals surface area contributed by atoms with E-state index >= 15 is 0 Å². The van der Waals surface area contributed by atoms with Crippen LogP contribution in [0.4, 0.5) is 0 Å². The number of nitrogens with zero attached hydrogens (tertiary/aromatic N) is 3. The lowest BCUT2D eigenvalue weighted by molar-refractivity contribution is -0.122. The molecule has 120 valence electrons. The van der Waals surface area contributed by atoms with E-state index in [1.165, 1.54) is 18.8 Å². The number of nitrogens with one attached hydrogen (secondary N) is 1. The van der Waals surface area contributed by atoms with Crippen molar-refractivity contribution in [3.8, 4) is 0 Å². The molecule has 8 heteroatoms. The third kappa shape index (κ3) is 3.82. The molecule has 1 amide bonds. The van der Waals surface area contributed by atoms with Gasteiger partial charge in [0.15, 0.2) is 0 Å². The molecule has 0 radical (unpaired) electrons. The molecule has 1 atom stereocenters. The molecular weight excluding hydrogens is 292 g/mol. The fourth-order valence-electron chi connectivity index (χ4n) is 1.95. The lowest BCUT2D eigenvalue weighted by Gasteiger charge is -2.13. The van der Waals surface area contributed by atoms with Gasteiger partial charge in [0, 0.05) is 20.1 Å². The summed E-state index contributed by atoms with van der Waals surface area (Å²) in [4.78, 5) is 12.1. The molecule has 1 rings (SSSR count). The minimum atomic E-state index is -3.56. The van der Waals surface area contributed by atoms with Gasteiger partial charge in [0.25, 0.3) is 0 Å². The van der Waals surface area contributed by atoms with Crippen molar-refractivity contribution in [3.63, 3.8) is 0 Å². The van der Waals surface area contributed by atoms with Crippen LogP contribution in [0.3, 0.4) is 0 Å². The third-order valence-corrected chi connectivity index (χ3v) is 5.44. The molecule has 0 aliphatic heterocycles. The van der Waals surface area contributed by atoms with Gasteiger partial charge in [-0.3, -0.25) is 9.48 Å². The van der Waals surface area contributed by atoms with Crippen molar-refractivity contribution in [2.24, 2.45) is 0 Å². The van der Waals surface area contributed by atoms with Crippen LogP contribution >= 0.6 is 0 Å². The number of aryl methyl sites for hydroxylation is 1. The molecule has 1 heterocycles. The van der Waals surface area contributed by atoms with Crippen LogP contribution in [0.25, 0.3) is 0 Å². The van der Waals surface area contributed by atoms with Crippen molar-refractivity contribution in [1.29, 1.82) is 0 Å². The monoisotopic (exact) mass is 316 g/mol. The van der Waals surface area contributed by atoms with Crippen molar-refractivity contribution >= 4 is 15.9 Å². The van der Waals surface area contributed by atoms with E-state index < -0.39 is 10.0 Å². The molecule has 0 fully saturated rings. The molecule has 0 aliphatic carbocycles. The van der Waals surface area contributed by atoms with E-state index in [2.05, 4.69) is 10.4 Å². The Labute approximate surface area is 126 Å². The largest absolute Gasteiger partial charge is 0.352 e. The molecule has 21 heavy (non-hydrogen) atoms. The summed E-state index contributed by atoms with van der Waals surface area (Å²) in [5.41, 5.74) is 0.873. The molecule has 1 aromatic heterocycles. The Kier molecular flexibility index (Phi) is 5.52. The van der Waals surface area contributed by atoms with Crippen LogP contribution in [0.2, 0.25) is 0 Å². The van der Waals surface area contributed by atoms with Gasteiger partial charge in [0.05, 0.1) is 11.4 Å². The minimum absolute atomic E-state index is 0.0139. The van der Waals surface area contributed by atoms with Crippen LogP contribution in [0, 0.1) is 13.8 Å². The van der Waals surface area contributed by atoms with Crippen LogP contribution < -0.4 is 5.32 Å². The number of amides is 1. The maximum Gasteiger partial charge on any atom is 0.246 e. The van der Waals surface area contributed by atoms with Gasteiger partial charge in [-0.2, -0.15) is 5.10 Å². The van der Waals surface area contributed by atoms with Gasteiger partial charge in [-0.05, 0) is 27.2 Å². The summed E-state index contributed by atoms with van der Waals surface area (Å²) >= 11 is 0. The Hall–Kier alpha value is -1.41. The van der Waals surface area contributed by atoms with Crippen molar-refractivity contribution in [2.45, 2.75) is 51.6 Å². The highest BCUT2D eigenvalue weighted by Crippen LogP contribution is 2.21. The summed E-state index contributed by atoms with van der Waals surface area (Å²) < 4.78 is 27.1. The summed E-state index contributed by atoms with van der Waals surface area (Å²) in [6, 6.07) is 0.0828. The molecular formula is C13H24N4O3S. The van der Waals surface area contributed by atoms with Crippen molar-refractivity contribution in [2.75, 3.05) is 14.1 Å². The third-order valence-electron chi connectivity index (χ3n) is 3.37. The number of hydrogen-bond acceptors (Lipinski definition) is 4. The topological polar surface area (TPSA) is 84.3 Å². The van der Waals surface area contributed by atoms with E-state index in [0.29, 0.717) is 11.4 Å². The Morgan fingerprint density at radius 1 is 1.38 bits per heavy atom. The van der Waals surface area contributed by atoms with Crippen LogP contribution in [0.15, 0.2) is 4.90 Å². The summed E-state index contributed by atoms with van der Waals surface area (Å²) in [5, 5.41) is 7.02. The zero-order chi connectivity index (χ0) is 16.4. The quantitative estimate of drug-likeness (QED) is 0.836. The maximum atomic E-state index is 12.3. The predicted molar refractivity (Wildman–Crippen MR) is 80.5 cm³/mol. The van der Waals surface area contributed by atoms with Crippen LogP contribution in [-0.4, -0.2) is 48.5 Å². The van der Waals surface area contributed by atoms with E-state index in [9.17, 15) is 13.2 Å². The molecule has 1 N–H and O–H groups in total. The SMILES string of the molecule is CCC(C)NC(=O)Cn1nc(C)c(S(=O)(=O)N(C)C)c1C. The van der Waals surface area contributed by atoms with Gasteiger partial charge in [0.1, 0.15) is 11.4 Å². The second-order valence-corrected chi connectivity index (χ2v) is 7.41. The first-order chi connectivity index (χ1) is 9.61. The highest BCUT2D eigenvalue weighted by Gasteiger charge is 2.27. The Morgan fingerprint density at radius 2 is 1.95 bits per heavy atom. The minimum Gasteiger partial charge on any atom is -0.352 e. The van der Waals surface area contributed by atoms with E-state index in [4.69, 9.17) is 0 Å². The lowest BCUT2D eigenvalue weighted by Crippen LogP contribution is -2.35. The second-order valence-electron chi connectivity index (χ2n) is 5.32. The number of carbonyl (C=O) groups excluding carboxylic acids is 1. The van der Waals surface area contributed by atoms with Gasteiger partial charge in [0.2, 0.25) is 15.9 Å². The molecule has 0 spiro atoms. The van der Waals surface area contributed by atoms with Crippen molar-refractivity contribution in [3.05, 3.63) is 11.4 Å². The number of sulfonamides is 1. The second kappa shape index (κ2) is 6.57. The average Bonchev–Trinajstić information content (AvgIpc) is 2.64. The lowest BCUT2D eigenvalue weighted by atomic mass is 10.2. The summed E-state index contributed by atoms with van der Waals surface area (Å²) in [7, 11) is -0.616. The molecule has 0 saturated carbocycles. The molecule has 0 bridgehead atoms. The maximum absolute atomic E-state index is 12.3. The first-order valence-corrected chi connectivity index (χ1v) is 8.31. The zero-order valence-corrected chi connectivity index (χ0v) is 14.3. The summed E-state index contributed by atoms with van der Waals surface area (Å²) in [6.07, 6.45) is 0.836. The van der Waals surface area contributed by atoms with Gasteiger partial charge in [-0.25, -0.2) is 12.7 Å². The molecule has 1 aromatic rings. The van der Waals surface area contributed by atoms with Crippen LogP contribution in [0.1, 0.15) is 31.7 Å².